The molecule has 1 heterocycles. The molecular weight excluding hydrogens is 146 g/mol. The predicted octanol–water partition coefficient (Wildman–Crippen LogP) is 3.45. The normalized spacial score (nSPS) is 8.25. The molecule has 0 unspecified atom stereocenters. The van der Waals surface area contributed by atoms with Crippen LogP contribution < -0.4 is 0 Å². The van der Waals surface area contributed by atoms with Crippen molar-refractivity contribution in [2.75, 3.05) is 0 Å². The van der Waals surface area contributed by atoms with E-state index in [-0.39, 0.29) is 0 Å². The number of aromatic nitrogens is 1. The van der Waals surface area contributed by atoms with E-state index in [1.165, 1.54) is 12.0 Å². The van der Waals surface area contributed by atoms with Crippen LogP contribution >= 0.6 is 0 Å². The number of hydrogen-bond donors (Lipinski definition) is 0. The summed E-state index contributed by atoms with van der Waals surface area (Å²) in [6.07, 6.45) is 6.68. The zero-order chi connectivity index (χ0) is 9.40. The molecule has 1 aromatic heterocycles. The Labute approximate surface area is 75.2 Å². The molecule has 0 aromatic carbocycles. The molecule has 0 aliphatic rings. The van der Waals surface area contributed by atoms with Gasteiger partial charge in [-0.1, -0.05) is 32.9 Å². The molecule has 1 rings (SSSR count). The number of aryl methyl sites for hydroxylation is 1. The molecule has 0 fully saturated rings. The summed E-state index contributed by atoms with van der Waals surface area (Å²) < 4.78 is 0. The average Bonchev–Trinajstić information content (AvgIpc) is 2.07. The molecule has 0 radical (unpaired) electrons. The first kappa shape index (κ1) is 10.9. The molecule has 0 aliphatic heterocycles. The van der Waals surface area contributed by atoms with Crippen molar-refractivity contribution in [1.82, 2.24) is 4.98 Å². The zero-order valence-corrected chi connectivity index (χ0v) is 8.17. The summed E-state index contributed by atoms with van der Waals surface area (Å²) in [5.74, 6) is 0. The molecule has 12 heavy (non-hydrogen) atoms. The van der Waals surface area contributed by atoms with E-state index in [1.54, 1.807) is 6.20 Å². The fraction of sp³-hybridized carbons (Fsp3) is 0.364. The summed E-state index contributed by atoms with van der Waals surface area (Å²) in [6, 6.07) is 1.95. The van der Waals surface area contributed by atoms with Crippen LogP contribution in [0, 0.1) is 6.92 Å². The third-order valence-corrected chi connectivity index (χ3v) is 1.28. The molecule has 0 aliphatic carbocycles. The van der Waals surface area contributed by atoms with Gasteiger partial charge in [-0.05, 0) is 24.1 Å². The summed E-state index contributed by atoms with van der Waals surface area (Å²) in [7, 11) is 0. The lowest BCUT2D eigenvalue weighted by atomic mass is 10.2. The predicted molar refractivity (Wildman–Crippen MR) is 55.0 cm³/mol. The first-order valence-electron chi connectivity index (χ1n) is 4.29. The molecule has 0 bridgehead atoms. The topological polar surface area (TPSA) is 12.9 Å². The molecule has 0 atom stereocenters. The van der Waals surface area contributed by atoms with Gasteiger partial charge in [0.1, 0.15) is 0 Å². The molecule has 0 saturated carbocycles. The van der Waals surface area contributed by atoms with Gasteiger partial charge in [-0.15, -0.1) is 0 Å². The Morgan fingerprint density at radius 2 is 2.08 bits per heavy atom. The van der Waals surface area contributed by atoms with Crippen LogP contribution in [0.3, 0.4) is 0 Å². The zero-order valence-electron chi connectivity index (χ0n) is 8.17. The Kier molecular flexibility index (Phi) is 5.98. The second-order valence-corrected chi connectivity index (χ2v) is 2.64. The summed E-state index contributed by atoms with van der Waals surface area (Å²) in [5.41, 5.74) is 2.33. The van der Waals surface area contributed by atoms with E-state index >= 15 is 0 Å². The van der Waals surface area contributed by atoms with Crippen LogP contribution in [-0.4, -0.2) is 4.98 Å². The molecule has 66 valence electrons. The van der Waals surface area contributed by atoms with Gasteiger partial charge in [0.2, 0.25) is 0 Å². The van der Waals surface area contributed by atoms with E-state index in [1.807, 2.05) is 25.3 Å². The lowest BCUT2D eigenvalue weighted by Gasteiger charge is -1.94. The maximum absolute atomic E-state index is 3.95. The molecular formula is C11H17N. The van der Waals surface area contributed by atoms with Gasteiger partial charge in [0.05, 0.1) is 0 Å². The highest BCUT2D eigenvalue weighted by Crippen LogP contribution is 2.04. The van der Waals surface area contributed by atoms with Crippen LogP contribution in [0.2, 0.25) is 0 Å². The fourth-order valence-corrected chi connectivity index (χ4v) is 0.713. The maximum Gasteiger partial charge on any atom is 0.0303 e. The highest BCUT2D eigenvalue weighted by Gasteiger charge is 1.87. The van der Waals surface area contributed by atoms with E-state index in [2.05, 4.69) is 25.4 Å². The van der Waals surface area contributed by atoms with Gasteiger partial charge in [0.25, 0.3) is 0 Å². The largest absolute Gasteiger partial charge is 0.264 e. The van der Waals surface area contributed by atoms with Gasteiger partial charge < -0.3 is 0 Å². The van der Waals surface area contributed by atoms with Crippen molar-refractivity contribution in [3.05, 3.63) is 36.2 Å². The molecule has 0 amide bonds. The Hall–Kier alpha value is -1.11. The van der Waals surface area contributed by atoms with Gasteiger partial charge in [0, 0.05) is 12.4 Å². The van der Waals surface area contributed by atoms with Crippen molar-refractivity contribution in [3.63, 3.8) is 0 Å². The number of nitrogens with zero attached hydrogens (tertiary/aromatic N) is 1. The SMILES string of the molecule is C=Cc1ccncc1C.CCC. The Bertz CT molecular complexity index is 228. The van der Waals surface area contributed by atoms with Crippen LogP contribution in [0.1, 0.15) is 31.4 Å². The van der Waals surface area contributed by atoms with E-state index < -0.39 is 0 Å². The van der Waals surface area contributed by atoms with Crippen LogP contribution in [0.15, 0.2) is 25.0 Å². The molecule has 0 N–H and O–H groups in total. The van der Waals surface area contributed by atoms with E-state index in [4.69, 9.17) is 0 Å². The summed E-state index contributed by atoms with van der Waals surface area (Å²) in [6.45, 7) is 9.93. The lowest BCUT2D eigenvalue weighted by Crippen LogP contribution is -1.79. The van der Waals surface area contributed by atoms with Gasteiger partial charge in [0.15, 0.2) is 0 Å². The summed E-state index contributed by atoms with van der Waals surface area (Å²) >= 11 is 0. The van der Waals surface area contributed by atoms with E-state index in [9.17, 15) is 0 Å². The van der Waals surface area contributed by atoms with E-state index in [0.29, 0.717) is 0 Å². The van der Waals surface area contributed by atoms with Gasteiger partial charge in [-0.2, -0.15) is 0 Å². The van der Waals surface area contributed by atoms with Crippen molar-refractivity contribution >= 4 is 6.08 Å². The monoisotopic (exact) mass is 163 g/mol. The highest BCUT2D eigenvalue weighted by atomic mass is 14.6. The molecule has 1 nitrogen and oxygen atoms in total. The Morgan fingerprint density at radius 1 is 1.50 bits per heavy atom. The quantitative estimate of drug-likeness (QED) is 0.618. The van der Waals surface area contributed by atoms with Gasteiger partial charge >= 0.3 is 0 Å². The minimum atomic E-state index is 1.16. The van der Waals surface area contributed by atoms with Crippen LogP contribution in [0.5, 0.6) is 0 Å². The van der Waals surface area contributed by atoms with Crippen LogP contribution in [0.4, 0.5) is 0 Å². The minimum Gasteiger partial charge on any atom is -0.264 e. The fourth-order valence-electron chi connectivity index (χ4n) is 0.713. The van der Waals surface area contributed by atoms with Crippen molar-refractivity contribution in [1.29, 1.82) is 0 Å². The van der Waals surface area contributed by atoms with Gasteiger partial charge in [-0.25, -0.2) is 0 Å². The minimum absolute atomic E-state index is 1.16. The second kappa shape index (κ2) is 6.59. The van der Waals surface area contributed by atoms with Gasteiger partial charge in [-0.3, -0.25) is 4.98 Å². The third kappa shape index (κ3) is 3.91. The Balaban J connectivity index is 0.000000354. The van der Waals surface area contributed by atoms with Crippen molar-refractivity contribution in [2.24, 2.45) is 0 Å². The molecule has 0 spiro atoms. The number of rotatable bonds is 1. The van der Waals surface area contributed by atoms with Crippen molar-refractivity contribution in [2.45, 2.75) is 27.2 Å². The molecule has 1 heteroatoms. The number of pyridine rings is 1. The summed E-state index contributed by atoms with van der Waals surface area (Å²) in [5, 5.41) is 0. The van der Waals surface area contributed by atoms with Crippen molar-refractivity contribution in [3.8, 4) is 0 Å². The van der Waals surface area contributed by atoms with E-state index in [0.717, 1.165) is 5.56 Å². The number of hydrogen-bond acceptors (Lipinski definition) is 1. The first-order chi connectivity index (χ1) is 5.76. The second-order valence-electron chi connectivity index (χ2n) is 2.64. The molecule has 0 saturated heterocycles. The van der Waals surface area contributed by atoms with Crippen LogP contribution in [0.25, 0.3) is 6.08 Å². The smallest absolute Gasteiger partial charge is 0.0303 e. The lowest BCUT2D eigenvalue weighted by molar-refractivity contribution is 1.09. The van der Waals surface area contributed by atoms with Crippen molar-refractivity contribution < 1.29 is 0 Å². The molecule has 1 aromatic rings. The first-order valence-corrected chi connectivity index (χ1v) is 4.29. The third-order valence-electron chi connectivity index (χ3n) is 1.28. The average molecular weight is 163 g/mol. The Morgan fingerprint density at radius 3 is 2.42 bits per heavy atom. The summed E-state index contributed by atoms with van der Waals surface area (Å²) in [4.78, 5) is 3.95. The maximum atomic E-state index is 3.95. The highest BCUT2D eigenvalue weighted by molar-refractivity contribution is 5.49. The van der Waals surface area contributed by atoms with Crippen LogP contribution in [-0.2, 0) is 0 Å². The standard InChI is InChI=1S/C8H9N.C3H8/c1-3-8-4-5-9-6-7(8)2;1-3-2/h3-6H,1H2,2H3;3H2,1-2H3.